The highest BCUT2D eigenvalue weighted by atomic mass is 32.1. The molecule has 0 fully saturated rings. The molecule has 0 atom stereocenters. The Balaban J connectivity index is 1.53. The number of thiazole rings is 1. The minimum Gasteiger partial charge on any atom is -0.337 e. The number of benzene rings is 2. The number of fused-ring (bicyclic) bond motifs is 3. The van der Waals surface area contributed by atoms with E-state index in [9.17, 15) is 0 Å². The van der Waals surface area contributed by atoms with Gasteiger partial charge in [-0.25, -0.2) is 15.0 Å². The van der Waals surface area contributed by atoms with Crippen molar-refractivity contribution in [2.45, 2.75) is 0 Å². The molecule has 4 aromatic heterocycles. The molecule has 0 aliphatic rings. The van der Waals surface area contributed by atoms with Crippen LogP contribution < -0.4 is 0 Å². The molecule has 2 aromatic carbocycles. The van der Waals surface area contributed by atoms with Crippen molar-refractivity contribution in [2.24, 2.45) is 0 Å². The van der Waals surface area contributed by atoms with Crippen LogP contribution in [0.3, 0.4) is 0 Å². The molecule has 0 aliphatic heterocycles. The molecular formula is C21H12N6S. The molecule has 6 aromatic rings. The minimum absolute atomic E-state index is 0.698. The lowest BCUT2D eigenvalue weighted by molar-refractivity contribution is 1.22. The van der Waals surface area contributed by atoms with Gasteiger partial charge in [0, 0.05) is 18.0 Å². The van der Waals surface area contributed by atoms with Crippen molar-refractivity contribution in [2.75, 3.05) is 0 Å². The molecule has 28 heavy (non-hydrogen) atoms. The second kappa shape index (κ2) is 5.90. The summed E-state index contributed by atoms with van der Waals surface area (Å²) in [7, 11) is 0. The number of hydrogen-bond donors (Lipinski definition) is 1. The van der Waals surface area contributed by atoms with Crippen molar-refractivity contribution in [1.29, 1.82) is 0 Å². The molecule has 0 spiro atoms. The van der Waals surface area contributed by atoms with E-state index in [4.69, 9.17) is 15.0 Å². The number of nitrogens with one attached hydrogen (secondary N) is 1. The molecule has 6 nitrogen and oxygen atoms in total. The summed E-state index contributed by atoms with van der Waals surface area (Å²) < 4.78 is 1.06. The van der Waals surface area contributed by atoms with E-state index in [0.29, 0.717) is 11.5 Å². The molecular weight excluding hydrogens is 368 g/mol. The predicted molar refractivity (Wildman–Crippen MR) is 111 cm³/mol. The number of rotatable bonds is 2. The first kappa shape index (κ1) is 15.4. The zero-order valence-electron chi connectivity index (χ0n) is 14.5. The lowest BCUT2D eigenvalue weighted by Gasteiger charge is -1.98. The topological polar surface area (TPSA) is 80.2 Å². The quantitative estimate of drug-likeness (QED) is 0.465. The molecule has 4 heterocycles. The van der Waals surface area contributed by atoms with Crippen molar-refractivity contribution in [3.05, 3.63) is 67.1 Å². The zero-order chi connectivity index (χ0) is 18.5. The third kappa shape index (κ3) is 2.37. The third-order valence-corrected chi connectivity index (χ3v) is 5.66. The Morgan fingerprint density at radius 3 is 2.64 bits per heavy atom. The van der Waals surface area contributed by atoms with Crippen LogP contribution in [0.15, 0.2) is 67.1 Å². The Morgan fingerprint density at radius 2 is 1.71 bits per heavy atom. The van der Waals surface area contributed by atoms with Crippen molar-refractivity contribution >= 4 is 43.6 Å². The van der Waals surface area contributed by atoms with Crippen molar-refractivity contribution in [3.63, 3.8) is 0 Å². The number of hydrogen-bond acceptors (Lipinski definition) is 6. The maximum Gasteiger partial charge on any atom is 0.158 e. The molecule has 0 radical (unpaired) electrons. The van der Waals surface area contributed by atoms with Gasteiger partial charge in [-0.2, -0.15) is 0 Å². The lowest BCUT2D eigenvalue weighted by Crippen LogP contribution is -1.89. The number of pyridine rings is 1. The lowest BCUT2D eigenvalue weighted by atomic mass is 10.2. The number of para-hydroxylation sites is 3. The van der Waals surface area contributed by atoms with Gasteiger partial charge < -0.3 is 4.98 Å². The fourth-order valence-corrected chi connectivity index (χ4v) is 4.25. The molecule has 0 amide bonds. The molecule has 7 heteroatoms. The number of nitrogens with zero attached hydrogens (tertiary/aromatic N) is 5. The Bertz CT molecular complexity index is 1450. The largest absolute Gasteiger partial charge is 0.337 e. The summed E-state index contributed by atoms with van der Waals surface area (Å²) in [6.45, 7) is 0. The number of aromatic nitrogens is 6. The van der Waals surface area contributed by atoms with E-state index in [-0.39, 0.29) is 0 Å². The summed E-state index contributed by atoms with van der Waals surface area (Å²) in [4.78, 5) is 26.3. The summed E-state index contributed by atoms with van der Waals surface area (Å²) in [6.07, 6.45) is 5.36. The average Bonchev–Trinajstić information content (AvgIpc) is 3.37. The molecule has 0 saturated carbocycles. The minimum atomic E-state index is 0.698. The number of H-pyrrole nitrogens is 1. The maximum atomic E-state index is 4.83. The van der Waals surface area contributed by atoms with Crippen LogP contribution in [0.25, 0.3) is 54.4 Å². The molecule has 132 valence electrons. The van der Waals surface area contributed by atoms with Crippen LogP contribution in [0.2, 0.25) is 0 Å². The monoisotopic (exact) mass is 380 g/mol. The third-order valence-electron chi connectivity index (χ3n) is 4.63. The Hall–Kier alpha value is -3.71. The van der Waals surface area contributed by atoms with E-state index in [1.807, 2.05) is 54.7 Å². The summed E-state index contributed by atoms with van der Waals surface area (Å²) >= 11 is 1.62. The number of imidazole rings is 1. The van der Waals surface area contributed by atoms with Crippen LogP contribution in [-0.4, -0.2) is 29.9 Å². The Kier molecular flexibility index (Phi) is 3.24. The predicted octanol–water partition coefficient (Wildman–Crippen LogP) is 4.84. The van der Waals surface area contributed by atoms with E-state index in [0.717, 1.165) is 42.9 Å². The standard InChI is InChI=1S/C21H12N6S/c1-2-6-14-13(5-1)23-10-17(24-14)20-25-16-7-3-4-12(19(16)27-20)21-26-15-8-9-22-11-18(15)28-21/h1-11H,(H,25,27). The molecule has 0 aliphatic carbocycles. The fourth-order valence-electron chi connectivity index (χ4n) is 3.29. The molecule has 0 bridgehead atoms. The first-order chi connectivity index (χ1) is 13.8. The van der Waals surface area contributed by atoms with Crippen LogP contribution in [0.5, 0.6) is 0 Å². The van der Waals surface area contributed by atoms with E-state index >= 15 is 0 Å². The van der Waals surface area contributed by atoms with Gasteiger partial charge >= 0.3 is 0 Å². The van der Waals surface area contributed by atoms with Gasteiger partial charge in [-0.3, -0.25) is 9.97 Å². The number of aromatic amines is 1. The van der Waals surface area contributed by atoms with Crippen LogP contribution >= 0.6 is 11.3 Å². The summed E-state index contributed by atoms with van der Waals surface area (Å²) in [6, 6.07) is 15.8. The van der Waals surface area contributed by atoms with E-state index in [1.165, 1.54) is 0 Å². The van der Waals surface area contributed by atoms with Crippen LogP contribution in [0.1, 0.15) is 0 Å². The molecule has 0 unspecified atom stereocenters. The van der Waals surface area contributed by atoms with Crippen molar-refractivity contribution in [3.8, 4) is 22.1 Å². The summed E-state index contributed by atoms with van der Waals surface area (Å²) in [5, 5.41) is 0.927. The van der Waals surface area contributed by atoms with Gasteiger partial charge in [0.1, 0.15) is 10.7 Å². The van der Waals surface area contributed by atoms with Crippen molar-refractivity contribution < 1.29 is 0 Å². The molecule has 1 N–H and O–H groups in total. The Morgan fingerprint density at radius 1 is 0.786 bits per heavy atom. The van der Waals surface area contributed by atoms with Gasteiger partial charge in [0.05, 0.1) is 38.5 Å². The zero-order valence-corrected chi connectivity index (χ0v) is 15.3. The Labute approximate surface area is 163 Å². The van der Waals surface area contributed by atoms with E-state index in [1.54, 1.807) is 23.7 Å². The fraction of sp³-hybridized carbons (Fsp3) is 0. The first-order valence-electron chi connectivity index (χ1n) is 8.77. The van der Waals surface area contributed by atoms with Gasteiger partial charge in [0.25, 0.3) is 0 Å². The summed E-state index contributed by atoms with van der Waals surface area (Å²) in [5.74, 6) is 0.698. The van der Waals surface area contributed by atoms with Gasteiger partial charge in [-0.15, -0.1) is 11.3 Å². The maximum absolute atomic E-state index is 4.83. The summed E-state index contributed by atoms with van der Waals surface area (Å²) in [5.41, 5.74) is 6.19. The van der Waals surface area contributed by atoms with E-state index in [2.05, 4.69) is 15.0 Å². The second-order valence-corrected chi connectivity index (χ2v) is 7.42. The average molecular weight is 380 g/mol. The van der Waals surface area contributed by atoms with E-state index < -0.39 is 0 Å². The second-order valence-electron chi connectivity index (χ2n) is 6.39. The van der Waals surface area contributed by atoms with Gasteiger partial charge in [-0.05, 0) is 30.3 Å². The van der Waals surface area contributed by atoms with Crippen LogP contribution in [0, 0.1) is 0 Å². The highest BCUT2D eigenvalue weighted by Gasteiger charge is 2.14. The van der Waals surface area contributed by atoms with Gasteiger partial charge in [0.15, 0.2) is 5.82 Å². The normalized spacial score (nSPS) is 11.6. The van der Waals surface area contributed by atoms with Gasteiger partial charge in [0.2, 0.25) is 0 Å². The molecule has 0 saturated heterocycles. The smallest absolute Gasteiger partial charge is 0.158 e. The SMILES string of the molecule is c1ccc2nc(-c3nc4c(-c5nc6ccncc6s5)cccc4[nH]3)cnc2c1. The molecule has 6 rings (SSSR count). The van der Waals surface area contributed by atoms with Crippen LogP contribution in [-0.2, 0) is 0 Å². The van der Waals surface area contributed by atoms with Gasteiger partial charge in [-0.1, -0.05) is 18.2 Å². The highest BCUT2D eigenvalue weighted by Crippen LogP contribution is 2.34. The first-order valence-corrected chi connectivity index (χ1v) is 9.59. The van der Waals surface area contributed by atoms with Crippen LogP contribution in [0.4, 0.5) is 0 Å². The van der Waals surface area contributed by atoms with Crippen molar-refractivity contribution in [1.82, 2.24) is 29.9 Å². The highest BCUT2D eigenvalue weighted by molar-refractivity contribution is 7.21.